The molecule has 2 aliphatic heterocycles. The molecule has 29 heavy (non-hydrogen) atoms. The number of hydrogen-bond acceptors (Lipinski definition) is 7. The number of aromatic nitrogens is 1. The van der Waals surface area contributed by atoms with Crippen LogP contribution >= 0.6 is 0 Å². The summed E-state index contributed by atoms with van der Waals surface area (Å²) in [6, 6.07) is 16.9. The summed E-state index contributed by atoms with van der Waals surface area (Å²) in [6.45, 7) is 3.63. The summed E-state index contributed by atoms with van der Waals surface area (Å²) in [5.41, 5.74) is -1.67. The highest BCUT2D eigenvalue weighted by atomic mass is 16.7. The van der Waals surface area contributed by atoms with Gasteiger partial charge in [0.15, 0.2) is 5.41 Å². The van der Waals surface area contributed by atoms with E-state index in [2.05, 4.69) is 11.1 Å². The second-order valence-electron chi connectivity index (χ2n) is 7.42. The van der Waals surface area contributed by atoms with E-state index in [1.54, 1.807) is 25.3 Å². The quantitative estimate of drug-likeness (QED) is 0.845. The number of benzene rings is 1. The number of rotatable bonds is 2. The van der Waals surface area contributed by atoms with E-state index in [1.807, 2.05) is 43.3 Å². The Morgan fingerprint density at radius 2 is 1.76 bits per heavy atom. The maximum atomic E-state index is 10.2. The largest absolute Gasteiger partial charge is 0.443 e. The predicted octanol–water partition coefficient (Wildman–Crippen LogP) is 3.50. The molecule has 4 rings (SSSR count). The third kappa shape index (κ3) is 2.07. The van der Waals surface area contributed by atoms with E-state index < -0.39 is 34.5 Å². The van der Waals surface area contributed by atoms with E-state index in [1.165, 1.54) is 6.20 Å². The van der Waals surface area contributed by atoms with Gasteiger partial charge in [-0.2, -0.15) is 15.8 Å². The van der Waals surface area contributed by atoms with Crippen LogP contribution in [0.25, 0.3) is 0 Å². The lowest BCUT2D eigenvalue weighted by Crippen LogP contribution is -2.57. The lowest BCUT2D eigenvalue weighted by atomic mass is 9.53. The second kappa shape index (κ2) is 6.14. The maximum Gasteiger partial charge on any atom is 0.244 e. The molecule has 2 bridgehead atoms. The number of pyridine rings is 1. The van der Waals surface area contributed by atoms with Crippen LogP contribution in [0.2, 0.25) is 0 Å². The summed E-state index contributed by atoms with van der Waals surface area (Å²) in [7, 11) is 0. The van der Waals surface area contributed by atoms with Gasteiger partial charge in [-0.1, -0.05) is 42.8 Å². The Balaban J connectivity index is 2.04. The molecule has 0 saturated carbocycles. The number of hydrogen-bond donors (Lipinski definition) is 1. The van der Waals surface area contributed by atoms with Crippen molar-refractivity contribution in [3.05, 3.63) is 65.5 Å². The van der Waals surface area contributed by atoms with Gasteiger partial charge in [-0.15, -0.1) is 0 Å². The third-order valence-corrected chi connectivity index (χ3v) is 6.11. The number of nitrogens with zero attached hydrogens (tertiary/aromatic N) is 4. The van der Waals surface area contributed by atoms with Crippen LogP contribution < -0.4 is 0 Å². The summed E-state index contributed by atoms with van der Waals surface area (Å²) in [5.74, 6) is -2.68. The van der Waals surface area contributed by atoms with Crippen LogP contribution in [0.15, 0.2) is 48.8 Å². The van der Waals surface area contributed by atoms with Gasteiger partial charge >= 0.3 is 0 Å². The van der Waals surface area contributed by atoms with Gasteiger partial charge in [-0.3, -0.25) is 10.4 Å². The number of nitrogens with one attached hydrogen (secondary N) is 1. The monoisotopic (exact) mass is 383 g/mol. The molecular formula is C22H17N5O2. The van der Waals surface area contributed by atoms with E-state index in [4.69, 9.17) is 14.9 Å². The van der Waals surface area contributed by atoms with Crippen LogP contribution in [0.5, 0.6) is 0 Å². The summed E-state index contributed by atoms with van der Waals surface area (Å²) >= 11 is 0. The minimum absolute atomic E-state index is 0.428. The average molecular weight is 383 g/mol. The van der Waals surface area contributed by atoms with Crippen molar-refractivity contribution in [2.24, 2.45) is 16.7 Å². The SMILES string of the molecule is Cc1ccc(C23OC(=N)C(C#N)(C2C)C(C#N)(C#N)C(c2cccnc2)O3)cc1. The fourth-order valence-electron chi connectivity index (χ4n) is 4.49. The molecule has 142 valence electrons. The first-order chi connectivity index (χ1) is 13.9. The molecular weight excluding hydrogens is 366 g/mol. The molecule has 0 radical (unpaired) electrons. The van der Waals surface area contributed by atoms with Gasteiger partial charge in [0.25, 0.3) is 0 Å². The number of nitriles is 3. The number of fused-ring (bicyclic) bond motifs is 2. The van der Waals surface area contributed by atoms with Gasteiger partial charge in [0.2, 0.25) is 17.1 Å². The topological polar surface area (TPSA) is 127 Å². The fraction of sp³-hybridized carbons (Fsp3) is 0.318. The first-order valence-electron chi connectivity index (χ1n) is 9.08. The number of aryl methyl sites for hydroxylation is 1. The molecule has 0 spiro atoms. The van der Waals surface area contributed by atoms with Crippen molar-refractivity contribution in [3.8, 4) is 18.2 Å². The zero-order valence-electron chi connectivity index (χ0n) is 15.9. The normalized spacial score (nSPS) is 31.8. The minimum atomic E-state index is -1.98. The zero-order valence-corrected chi connectivity index (χ0v) is 15.9. The lowest BCUT2D eigenvalue weighted by Gasteiger charge is -2.48. The molecule has 0 amide bonds. The van der Waals surface area contributed by atoms with Gasteiger partial charge in [-0.05, 0) is 13.0 Å². The van der Waals surface area contributed by atoms with Crippen LogP contribution in [-0.4, -0.2) is 10.9 Å². The Labute approximate surface area is 168 Å². The van der Waals surface area contributed by atoms with E-state index in [0.717, 1.165) is 5.56 Å². The van der Waals surface area contributed by atoms with Gasteiger partial charge in [0.05, 0.1) is 24.1 Å². The highest BCUT2D eigenvalue weighted by Crippen LogP contribution is 2.68. The molecule has 7 heteroatoms. The van der Waals surface area contributed by atoms with Crippen molar-refractivity contribution >= 4 is 5.90 Å². The highest BCUT2D eigenvalue weighted by molar-refractivity contribution is 5.89. The smallest absolute Gasteiger partial charge is 0.244 e. The molecule has 2 fully saturated rings. The summed E-state index contributed by atoms with van der Waals surface area (Å²) in [6.07, 6.45) is 1.94. The number of ether oxygens (including phenoxy) is 2. The van der Waals surface area contributed by atoms with E-state index in [0.29, 0.717) is 11.1 Å². The molecule has 7 nitrogen and oxygen atoms in total. The Hall–Kier alpha value is -3.73. The minimum Gasteiger partial charge on any atom is -0.443 e. The zero-order chi connectivity index (χ0) is 20.9. The van der Waals surface area contributed by atoms with E-state index >= 15 is 0 Å². The average Bonchev–Trinajstić information content (AvgIpc) is 2.91. The van der Waals surface area contributed by atoms with Crippen LogP contribution in [0.4, 0.5) is 0 Å². The first kappa shape index (κ1) is 18.6. The van der Waals surface area contributed by atoms with Crippen molar-refractivity contribution in [2.75, 3.05) is 0 Å². The van der Waals surface area contributed by atoms with E-state index in [9.17, 15) is 15.8 Å². The van der Waals surface area contributed by atoms with Crippen molar-refractivity contribution < 1.29 is 9.47 Å². The highest BCUT2D eigenvalue weighted by Gasteiger charge is 2.79. The Morgan fingerprint density at radius 1 is 1.07 bits per heavy atom. The van der Waals surface area contributed by atoms with Crippen LogP contribution in [-0.2, 0) is 15.3 Å². The maximum absolute atomic E-state index is 10.2. The molecule has 2 aromatic rings. The van der Waals surface area contributed by atoms with Gasteiger partial charge in [0, 0.05) is 23.5 Å². The summed E-state index contributed by atoms with van der Waals surface area (Å²) < 4.78 is 12.3. The Kier molecular flexibility index (Phi) is 3.94. The third-order valence-electron chi connectivity index (χ3n) is 6.11. The lowest BCUT2D eigenvalue weighted by molar-refractivity contribution is -0.288. The van der Waals surface area contributed by atoms with Crippen molar-refractivity contribution in [1.82, 2.24) is 4.98 Å². The van der Waals surface area contributed by atoms with Gasteiger partial charge in [-0.25, -0.2) is 0 Å². The standard InChI is InChI=1S/C22H17N5O2/c1-14-5-7-17(8-6-14)22-15(2)21(13-25,19(26)29-22)20(11-23,12-24)18(28-22)16-4-3-9-27-10-16/h3-10,15,18,26H,1-2H3. The van der Waals surface area contributed by atoms with Crippen molar-refractivity contribution in [3.63, 3.8) is 0 Å². The molecule has 1 aromatic carbocycles. The van der Waals surface area contributed by atoms with Crippen LogP contribution in [0.1, 0.15) is 29.7 Å². The first-order valence-corrected chi connectivity index (χ1v) is 9.08. The Morgan fingerprint density at radius 3 is 2.31 bits per heavy atom. The molecule has 4 atom stereocenters. The molecule has 2 saturated heterocycles. The molecule has 4 unspecified atom stereocenters. The fourth-order valence-corrected chi connectivity index (χ4v) is 4.49. The second-order valence-corrected chi connectivity index (χ2v) is 7.42. The van der Waals surface area contributed by atoms with Crippen LogP contribution in [0.3, 0.4) is 0 Å². The van der Waals surface area contributed by atoms with Gasteiger partial charge in [0.1, 0.15) is 6.10 Å². The van der Waals surface area contributed by atoms with Crippen molar-refractivity contribution in [2.45, 2.75) is 25.7 Å². The van der Waals surface area contributed by atoms with Crippen LogP contribution in [0, 0.1) is 63.1 Å². The predicted molar refractivity (Wildman–Crippen MR) is 101 cm³/mol. The molecule has 0 aliphatic carbocycles. The van der Waals surface area contributed by atoms with E-state index in [-0.39, 0.29) is 0 Å². The molecule has 1 aromatic heterocycles. The molecule has 2 aliphatic rings. The van der Waals surface area contributed by atoms with Crippen molar-refractivity contribution in [1.29, 1.82) is 21.2 Å². The molecule has 1 N–H and O–H groups in total. The van der Waals surface area contributed by atoms with Gasteiger partial charge < -0.3 is 9.47 Å². The summed E-state index contributed by atoms with van der Waals surface area (Å²) in [4.78, 5) is 4.08. The Bertz CT molecular complexity index is 1100. The molecule has 3 heterocycles. The summed E-state index contributed by atoms with van der Waals surface area (Å²) in [5, 5.41) is 39.1.